The number of benzene rings is 1. The number of aryl methyl sites for hydroxylation is 2. The second-order valence-corrected chi connectivity index (χ2v) is 6.94. The van der Waals surface area contributed by atoms with E-state index < -0.39 is 0 Å². The monoisotopic (exact) mass is 325 g/mol. The van der Waals surface area contributed by atoms with E-state index in [-0.39, 0.29) is 5.41 Å². The van der Waals surface area contributed by atoms with Crippen LogP contribution < -0.4 is 10.1 Å². The first kappa shape index (κ1) is 14.9. The Morgan fingerprint density at radius 3 is 2.37 bits per heavy atom. The van der Waals surface area contributed by atoms with Crippen molar-refractivity contribution in [2.24, 2.45) is 5.41 Å². The van der Waals surface area contributed by atoms with Gasteiger partial charge in [-0.3, -0.25) is 0 Å². The Morgan fingerprint density at radius 2 is 1.89 bits per heavy atom. The highest BCUT2D eigenvalue weighted by Gasteiger charge is 2.49. The number of rotatable bonds is 4. The summed E-state index contributed by atoms with van der Waals surface area (Å²) in [5.41, 5.74) is 2.66. The van der Waals surface area contributed by atoms with Crippen LogP contribution in [0.4, 0.5) is 0 Å². The van der Waals surface area contributed by atoms with Gasteiger partial charge in [-0.25, -0.2) is 0 Å². The zero-order valence-corrected chi connectivity index (χ0v) is 14.1. The Balaban J connectivity index is 2.07. The lowest BCUT2D eigenvalue weighted by Crippen LogP contribution is -2.62. The highest BCUT2D eigenvalue weighted by Crippen LogP contribution is 2.43. The van der Waals surface area contributed by atoms with Crippen molar-refractivity contribution in [3.63, 3.8) is 0 Å². The minimum atomic E-state index is 0.199. The maximum atomic E-state index is 6.20. The van der Waals surface area contributed by atoms with Crippen molar-refractivity contribution in [2.75, 3.05) is 6.54 Å². The van der Waals surface area contributed by atoms with Crippen LogP contribution in [0.25, 0.3) is 0 Å². The SMILES string of the molecule is CCNC1CC(Oc2cc(C)c(Br)c(C)c2)C1(C)C. The van der Waals surface area contributed by atoms with E-state index in [1.807, 2.05) is 0 Å². The third-order valence-corrected chi connectivity index (χ3v) is 5.57. The summed E-state index contributed by atoms with van der Waals surface area (Å²) in [6.07, 6.45) is 1.39. The van der Waals surface area contributed by atoms with Gasteiger partial charge >= 0.3 is 0 Å². The van der Waals surface area contributed by atoms with Crippen molar-refractivity contribution in [1.29, 1.82) is 0 Å². The smallest absolute Gasteiger partial charge is 0.120 e. The average Bonchev–Trinajstić information content (AvgIpc) is 2.34. The molecule has 19 heavy (non-hydrogen) atoms. The maximum Gasteiger partial charge on any atom is 0.120 e. The Kier molecular flexibility index (Phi) is 4.26. The number of hydrogen-bond acceptors (Lipinski definition) is 2. The zero-order valence-electron chi connectivity index (χ0n) is 12.5. The summed E-state index contributed by atoms with van der Waals surface area (Å²) in [7, 11) is 0. The zero-order chi connectivity index (χ0) is 14.2. The van der Waals surface area contributed by atoms with Gasteiger partial charge in [-0.15, -0.1) is 0 Å². The third kappa shape index (κ3) is 2.82. The lowest BCUT2D eigenvalue weighted by atomic mass is 9.64. The van der Waals surface area contributed by atoms with Crippen molar-refractivity contribution in [2.45, 2.75) is 53.2 Å². The van der Waals surface area contributed by atoms with E-state index in [1.54, 1.807) is 0 Å². The van der Waals surface area contributed by atoms with Crippen molar-refractivity contribution < 1.29 is 4.74 Å². The first-order valence-corrected chi connectivity index (χ1v) is 7.82. The topological polar surface area (TPSA) is 21.3 Å². The van der Waals surface area contributed by atoms with Crippen LogP contribution in [0.3, 0.4) is 0 Å². The molecule has 0 radical (unpaired) electrons. The molecular formula is C16H24BrNO. The number of nitrogens with one attached hydrogen (secondary N) is 1. The fourth-order valence-corrected chi connectivity index (χ4v) is 3.05. The minimum absolute atomic E-state index is 0.199. The second-order valence-electron chi connectivity index (χ2n) is 6.14. The van der Waals surface area contributed by atoms with Crippen molar-refractivity contribution in [3.05, 3.63) is 27.7 Å². The molecule has 1 aromatic carbocycles. The lowest BCUT2D eigenvalue weighted by molar-refractivity contribution is -0.0541. The van der Waals surface area contributed by atoms with E-state index in [4.69, 9.17) is 4.74 Å². The molecule has 3 heteroatoms. The van der Waals surface area contributed by atoms with Crippen LogP contribution in [0.1, 0.15) is 38.3 Å². The minimum Gasteiger partial charge on any atom is -0.490 e. The van der Waals surface area contributed by atoms with E-state index in [1.165, 1.54) is 15.6 Å². The summed E-state index contributed by atoms with van der Waals surface area (Å²) in [5, 5.41) is 3.53. The number of ether oxygens (including phenoxy) is 1. The van der Waals surface area contributed by atoms with Crippen molar-refractivity contribution in [3.8, 4) is 5.75 Å². The van der Waals surface area contributed by atoms with E-state index >= 15 is 0 Å². The summed E-state index contributed by atoms with van der Waals surface area (Å²) in [6, 6.07) is 4.81. The molecule has 0 aliphatic heterocycles. The van der Waals surface area contributed by atoms with Gasteiger partial charge in [0, 0.05) is 22.4 Å². The van der Waals surface area contributed by atoms with Gasteiger partial charge in [-0.1, -0.05) is 36.7 Å². The first-order valence-electron chi connectivity index (χ1n) is 7.03. The van der Waals surface area contributed by atoms with Crippen molar-refractivity contribution in [1.82, 2.24) is 5.32 Å². The largest absolute Gasteiger partial charge is 0.490 e. The molecule has 0 saturated heterocycles. The number of halogens is 1. The van der Waals surface area contributed by atoms with Crippen LogP contribution >= 0.6 is 15.9 Å². The molecule has 1 aliphatic carbocycles. The van der Waals surface area contributed by atoms with Crippen LogP contribution in [0.15, 0.2) is 16.6 Å². The van der Waals surface area contributed by atoms with Crippen LogP contribution in [-0.2, 0) is 0 Å². The van der Waals surface area contributed by atoms with Gasteiger partial charge in [0.25, 0.3) is 0 Å². The molecule has 0 amide bonds. The van der Waals surface area contributed by atoms with Gasteiger partial charge in [0.1, 0.15) is 11.9 Å². The molecule has 0 spiro atoms. The molecule has 1 fully saturated rings. The standard InChI is InChI=1S/C16H24BrNO/c1-6-18-13-9-14(16(13,4)5)19-12-7-10(2)15(17)11(3)8-12/h7-8,13-14,18H,6,9H2,1-5H3. The van der Waals surface area contributed by atoms with E-state index in [0.29, 0.717) is 12.1 Å². The molecule has 0 bridgehead atoms. The molecule has 106 valence electrons. The predicted molar refractivity (Wildman–Crippen MR) is 83.9 cm³/mol. The molecule has 0 heterocycles. The molecule has 1 saturated carbocycles. The molecule has 1 aliphatic rings. The predicted octanol–water partition coefficient (Wildman–Crippen LogP) is 4.22. The Morgan fingerprint density at radius 1 is 1.32 bits per heavy atom. The Hall–Kier alpha value is -0.540. The fraction of sp³-hybridized carbons (Fsp3) is 0.625. The van der Waals surface area contributed by atoms with E-state index in [0.717, 1.165) is 18.7 Å². The number of hydrogen-bond donors (Lipinski definition) is 1. The normalized spacial score (nSPS) is 24.9. The molecule has 1 aromatic rings. The van der Waals surface area contributed by atoms with Gasteiger partial charge in [-0.05, 0) is 43.7 Å². The van der Waals surface area contributed by atoms with Crippen LogP contribution in [0.5, 0.6) is 5.75 Å². The van der Waals surface area contributed by atoms with Gasteiger partial charge in [0.2, 0.25) is 0 Å². The molecule has 2 unspecified atom stereocenters. The van der Waals surface area contributed by atoms with Gasteiger partial charge in [0.05, 0.1) is 0 Å². The van der Waals surface area contributed by atoms with Crippen LogP contribution in [-0.4, -0.2) is 18.7 Å². The van der Waals surface area contributed by atoms with E-state index in [2.05, 4.69) is 68.0 Å². The molecule has 2 nitrogen and oxygen atoms in total. The van der Waals surface area contributed by atoms with Crippen molar-refractivity contribution >= 4 is 15.9 Å². The summed E-state index contributed by atoms with van der Waals surface area (Å²) in [5.74, 6) is 0.992. The summed E-state index contributed by atoms with van der Waals surface area (Å²) in [6.45, 7) is 12.0. The quantitative estimate of drug-likeness (QED) is 0.894. The van der Waals surface area contributed by atoms with Gasteiger partial charge in [0.15, 0.2) is 0 Å². The molecule has 0 aromatic heterocycles. The highest BCUT2D eigenvalue weighted by atomic mass is 79.9. The molecule has 2 atom stereocenters. The fourth-order valence-electron chi connectivity index (χ4n) is 2.82. The second kappa shape index (κ2) is 5.45. The average molecular weight is 326 g/mol. The summed E-state index contributed by atoms with van der Waals surface area (Å²) in [4.78, 5) is 0. The lowest BCUT2D eigenvalue weighted by Gasteiger charge is -2.51. The third-order valence-electron chi connectivity index (χ3n) is 4.32. The molecular weight excluding hydrogens is 302 g/mol. The molecule has 1 N–H and O–H groups in total. The van der Waals surface area contributed by atoms with Gasteiger partial charge < -0.3 is 10.1 Å². The first-order chi connectivity index (χ1) is 8.86. The van der Waals surface area contributed by atoms with Crippen LogP contribution in [0, 0.1) is 19.3 Å². The Bertz CT molecular complexity index is 447. The van der Waals surface area contributed by atoms with Crippen LogP contribution in [0.2, 0.25) is 0 Å². The Labute approximate surface area is 125 Å². The van der Waals surface area contributed by atoms with Gasteiger partial charge in [-0.2, -0.15) is 0 Å². The molecule has 2 rings (SSSR count). The maximum absolute atomic E-state index is 6.20. The highest BCUT2D eigenvalue weighted by molar-refractivity contribution is 9.10. The summed E-state index contributed by atoms with van der Waals surface area (Å²) < 4.78 is 7.38. The van der Waals surface area contributed by atoms with E-state index in [9.17, 15) is 0 Å². The summed E-state index contributed by atoms with van der Waals surface area (Å²) >= 11 is 3.60.